The second-order valence-corrected chi connectivity index (χ2v) is 7.27. The Morgan fingerprint density at radius 2 is 1.83 bits per heavy atom. The highest BCUT2D eigenvalue weighted by atomic mass is 35.5. The van der Waals surface area contributed by atoms with E-state index < -0.39 is 17.2 Å². The summed E-state index contributed by atoms with van der Waals surface area (Å²) in [5, 5.41) is 11.5. The molecule has 130 valence electrons. The lowest BCUT2D eigenvalue weighted by Gasteiger charge is -2.34. The number of aliphatic hydroxyl groups is 1. The smallest absolute Gasteiger partial charge is 0.388 e. The molecule has 0 radical (unpaired) electrons. The van der Waals surface area contributed by atoms with Crippen molar-refractivity contribution in [2.75, 3.05) is 18.0 Å². The Morgan fingerprint density at radius 3 is 2.38 bits per heavy atom. The van der Waals surface area contributed by atoms with Gasteiger partial charge in [-0.15, -0.1) is 0 Å². The van der Waals surface area contributed by atoms with Crippen molar-refractivity contribution in [3.8, 4) is 0 Å². The van der Waals surface area contributed by atoms with E-state index in [1.54, 1.807) is 24.3 Å². The number of hydrogen-bond acceptors (Lipinski definition) is 4. The highest BCUT2D eigenvalue weighted by Gasteiger charge is 2.34. The molecule has 1 saturated heterocycles. The van der Waals surface area contributed by atoms with Gasteiger partial charge in [0.2, 0.25) is 0 Å². The Labute approximate surface area is 146 Å². The zero-order chi connectivity index (χ0) is 17.3. The Kier molecular flexibility index (Phi) is 5.03. The van der Waals surface area contributed by atoms with Gasteiger partial charge in [-0.25, -0.2) is 4.98 Å². The van der Waals surface area contributed by atoms with Crippen LogP contribution < -0.4 is 4.90 Å². The van der Waals surface area contributed by atoms with Crippen LogP contribution in [0.2, 0.25) is 5.02 Å². The fraction of sp³-hybridized carbons (Fsp3) is 0.438. The zero-order valence-corrected chi connectivity index (χ0v) is 14.2. The molecule has 1 fully saturated rings. The number of hydrogen-bond donors (Lipinski definition) is 1. The number of nitrogens with zero attached hydrogens (tertiary/aromatic N) is 2. The van der Waals surface area contributed by atoms with Gasteiger partial charge in [0.25, 0.3) is 0 Å². The van der Waals surface area contributed by atoms with Crippen molar-refractivity contribution < 1.29 is 18.3 Å². The van der Waals surface area contributed by atoms with Crippen molar-refractivity contribution in [2.45, 2.75) is 25.1 Å². The third-order valence-electron chi connectivity index (χ3n) is 4.24. The molecular formula is C16H16ClF3N2OS. The lowest BCUT2D eigenvalue weighted by atomic mass is 9.87. The Bertz CT molecular complexity index is 681. The van der Waals surface area contributed by atoms with Crippen LogP contribution in [0.25, 0.3) is 0 Å². The number of alkyl halides is 3. The summed E-state index contributed by atoms with van der Waals surface area (Å²) in [5.74, 6) is 0.0736. The number of piperidine rings is 1. The first-order valence-electron chi connectivity index (χ1n) is 7.56. The molecule has 1 aromatic carbocycles. The third-order valence-corrected chi connectivity index (χ3v) is 5.60. The van der Waals surface area contributed by atoms with Gasteiger partial charge >= 0.3 is 6.18 Å². The van der Waals surface area contributed by atoms with Gasteiger partial charge in [0, 0.05) is 18.1 Å². The van der Waals surface area contributed by atoms with Crippen molar-refractivity contribution in [1.82, 2.24) is 4.98 Å². The molecule has 0 spiro atoms. The molecule has 1 aliphatic heterocycles. The summed E-state index contributed by atoms with van der Waals surface area (Å²) in [6.45, 7) is 1.17. The largest absolute Gasteiger partial charge is 0.427 e. The molecule has 1 N–H and O–H groups in total. The number of aromatic nitrogens is 1. The van der Waals surface area contributed by atoms with E-state index in [2.05, 4.69) is 4.98 Å². The first-order chi connectivity index (χ1) is 11.3. The summed E-state index contributed by atoms with van der Waals surface area (Å²) in [6.07, 6.45) is -2.66. The molecule has 0 bridgehead atoms. The molecule has 1 aliphatic rings. The van der Waals surface area contributed by atoms with Crippen LogP contribution in [0.5, 0.6) is 0 Å². The van der Waals surface area contributed by atoms with Crippen molar-refractivity contribution in [1.29, 1.82) is 0 Å². The van der Waals surface area contributed by atoms with E-state index >= 15 is 0 Å². The minimum atomic E-state index is -4.35. The molecule has 0 saturated carbocycles. The lowest BCUT2D eigenvalue weighted by molar-refractivity contribution is -0.134. The van der Waals surface area contributed by atoms with Crippen LogP contribution in [-0.4, -0.2) is 23.2 Å². The second kappa shape index (κ2) is 6.90. The van der Waals surface area contributed by atoms with E-state index in [1.165, 1.54) is 0 Å². The van der Waals surface area contributed by atoms with Crippen LogP contribution in [0.1, 0.15) is 29.4 Å². The molecule has 0 aliphatic carbocycles. The maximum Gasteiger partial charge on any atom is 0.427 e. The summed E-state index contributed by atoms with van der Waals surface area (Å²) in [7, 11) is 0. The molecule has 1 aromatic heterocycles. The quantitative estimate of drug-likeness (QED) is 0.838. The first-order valence-corrected chi connectivity index (χ1v) is 8.75. The molecule has 24 heavy (non-hydrogen) atoms. The molecule has 3 rings (SSSR count). The normalized spacial score (nSPS) is 18.0. The van der Waals surface area contributed by atoms with Gasteiger partial charge in [0.15, 0.2) is 5.13 Å². The Balaban J connectivity index is 1.61. The predicted octanol–water partition coefficient (Wildman–Crippen LogP) is 4.77. The average Bonchev–Trinajstić information content (AvgIpc) is 3.05. The van der Waals surface area contributed by atoms with E-state index in [4.69, 9.17) is 11.6 Å². The van der Waals surface area contributed by atoms with Crippen LogP contribution in [0, 0.1) is 5.92 Å². The predicted molar refractivity (Wildman–Crippen MR) is 88.5 cm³/mol. The van der Waals surface area contributed by atoms with Gasteiger partial charge in [-0.05, 0) is 36.5 Å². The van der Waals surface area contributed by atoms with Gasteiger partial charge in [-0.1, -0.05) is 35.1 Å². The van der Waals surface area contributed by atoms with Crippen LogP contribution in [0.15, 0.2) is 30.5 Å². The van der Waals surface area contributed by atoms with Gasteiger partial charge in [-0.3, -0.25) is 0 Å². The minimum Gasteiger partial charge on any atom is -0.388 e. The number of thiazole rings is 1. The number of aliphatic hydroxyl groups excluding tert-OH is 1. The molecular weight excluding hydrogens is 361 g/mol. The molecule has 8 heteroatoms. The number of rotatable bonds is 3. The zero-order valence-electron chi connectivity index (χ0n) is 12.6. The molecule has 3 nitrogen and oxygen atoms in total. The van der Waals surface area contributed by atoms with E-state index in [9.17, 15) is 18.3 Å². The topological polar surface area (TPSA) is 36.4 Å². The van der Waals surface area contributed by atoms with Crippen molar-refractivity contribution in [3.63, 3.8) is 0 Å². The van der Waals surface area contributed by atoms with Crippen LogP contribution in [0.4, 0.5) is 18.3 Å². The summed E-state index contributed by atoms with van der Waals surface area (Å²) in [6, 6.07) is 7.08. The fourth-order valence-corrected chi connectivity index (χ4v) is 3.84. The van der Waals surface area contributed by atoms with Crippen LogP contribution in [-0.2, 0) is 6.18 Å². The summed E-state index contributed by atoms with van der Waals surface area (Å²) in [4.78, 5) is 5.06. The minimum absolute atomic E-state index is 0.0736. The summed E-state index contributed by atoms with van der Waals surface area (Å²) < 4.78 is 38.0. The maximum absolute atomic E-state index is 12.7. The highest BCUT2D eigenvalue weighted by Crippen LogP contribution is 2.38. The Hall–Kier alpha value is -1.31. The summed E-state index contributed by atoms with van der Waals surface area (Å²) >= 11 is 6.52. The molecule has 1 atom stereocenters. The standard InChI is InChI=1S/C16H16ClF3N2OS/c17-12-3-1-10(2-4-12)14(23)11-5-7-22(8-6-11)15-21-9-13(24-15)16(18,19)20/h1-4,9,11,14,23H,5-8H2. The number of halogens is 4. The Morgan fingerprint density at radius 1 is 1.21 bits per heavy atom. The van der Waals surface area contributed by atoms with Gasteiger partial charge < -0.3 is 10.0 Å². The lowest BCUT2D eigenvalue weighted by Crippen LogP contribution is -2.35. The number of anilines is 1. The monoisotopic (exact) mass is 376 g/mol. The molecule has 2 aromatic rings. The second-order valence-electron chi connectivity index (χ2n) is 5.83. The van der Waals surface area contributed by atoms with Gasteiger partial charge in [0.05, 0.1) is 12.3 Å². The van der Waals surface area contributed by atoms with Crippen molar-refractivity contribution in [3.05, 3.63) is 45.9 Å². The van der Waals surface area contributed by atoms with Gasteiger partial charge in [-0.2, -0.15) is 13.2 Å². The third kappa shape index (κ3) is 3.84. The molecule has 2 heterocycles. The molecule has 1 unspecified atom stereocenters. The maximum atomic E-state index is 12.7. The van der Waals surface area contributed by atoms with E-state index in [-0.39, 0.29) is 5.92 Å². The highest BCUT2D eigenvalue weighted by molar-refractivity contribution is 7.15. The summed E-state index contributed by atoms with van der Waals surface area (Å²) in [5.41, 5.74) is 0.812. The first kappa shape index (κ1) is 17.5. The van der Waals surface area contributed by atoms with Gasteiger partial charge in [0.1, 0.15) is 4.88 Å². The van der Waals surface area contributed by atoms with Crippen LogP contribution in [0.3, 0.4) is 0 Å². The van der Waals surface area contributed by atoms with Crippen LogP contribution >= 0.6 is 22.9 Å². The SMILES string of the molecule is OC(c1ccc(Cl)cc1)C1CCN(c2ncc(C(F)(F)F)s2)CC1. The average molecular weight is 377 g/mol. The van der Waals surface area contributed by atoms with Crippen molar-refractivity contribution >= 4 is 28.1 Å². The molecule has 0 amide bonds. The van der Waals surface area contributed by atoms with Crippen molar-refractivity contribution in [2.24, 2.45) is 5.92 Å². The van der Waals surface area contributed by atoms with E-state index in [1.807, 2.05) is 4.90 Å². The fourth-order valence-electron chi connectivity index (χ4n) is 2.88. The van der Waals surface area contributed by atoms with E-state index in [0.29, 0.717) is 47.4 Å². The number of benzene rings is 1. The van der Waals surface area contributed by atoms with E-state index in [0.717, 1.165) is 11.8 Å².